The molecule has 3 N–H and O–H groups in total. The van der Waals surface area contributed by atoms with E-state index in [1.807, 2.05) is 35.7 Å². The number of thiazole rings is 1. The van der Waals surface area contributed by atoms with Crippen molar-refractivity contribution in [3.63, 3.8) is 0 Å². The predicted octanol–water partition coefficient (Wildman–Crippen LogP) is 3.48. The van der Waals surface area contributed by atoms with E-state index in [0.29, 0.717) is 11.6 Å². The zero-order valence-electron chi connectivity index (χ0n) is 14.6. The Morgan fingerprint density at radius 2 is 1.88 bits per heavy atom. The van der Waals surface area contributed by atoms with Crippen LogP contribution < -0.4 is 11.1 Å². The van der Waals surface area contributed by atoms with Crippen molar-refractivity contribution in [2.24, 2.45) is 5.73 Å². The highest BCUT2D eigenvalue weighted by Gasteiger charge is 2.17. The van der Waals surface area contributed by atoms with Gasteiger partial charge in [0.05, 0.1) is 11.7 Å². The third kappa shape index (κ3) is 6.85. The van der Waals surface area contributed by atoms with E-state index in [1.54, 1.807) is 0 Å². The highest BCUT2D eigenvalue weighted by atomic mass is 35.5. The van der Waals surface area contributed by atoms with Gasteiger partial charge >= 0.3 is 0 Å². The molecular formula is C18H26Cl2N4OS. The second-order valence-corrected chi connectivity index (χ2v) is 7.12. The Hall–Kier alpha value is -1.18. The number of anilines is 1. The molecule has 1 unspecified atom stereocenters. The number of carbonyl (C=O) groups is 1. The number of piperidine rings is 1. The molecule has 144 valence electrons. The maximum Gasteiger partial charge on any atom is 0.243 e. The van der Waals surface area contributed by atoms with Crippen LogP contribution >= 0.6 is 36.2 Å². The number of halogens is 2. The molecule has 1 aliphatic rings. The monoisotopic (exact) mass is 416 g/mol. The number of aromatic nitrogens is 1. The van der Waals surface area contributed by atoms with E-state index in [0.717, 1.165) is 30.9 Å². The molecule has 1 saturated heterocycles. The van der Waals surface area contributed by atoms with Crippen LogP contribution in [0, 0.1) is 0 Å². The number of carbonyl (C=O) groups excluding carboxylic acids is 1. The zero-order valence-corrected chi connectivity index (χ0v) is 17.0. The summed E-state index contributed by atoms with van der Waals surface area (Å²) in [6.45, 7) is 3.14. The van der Waals surface area contributed by atoms with Crippen molar-refractivity contribution in [2.45, 2.75) is 38.3 Å². The van der Waals surface area contributed by atoms with Crippen LogP contribution in [0.5, 0.6) is 0 Å². The predicted molar refractivity (Wildman–Crippen MR) is 112 cm³/mol. The van der Waals surface area contributed by atoms with Crippen LogP contribution in [-0.2, 0) is 17.8 Å². The lowest BCUT2D eigenvalue weighted by Gasteiger charge is -2.25. The maximum atomic E-state index is 12.2. The molecule has 5 nitrogen and oxygen atoms in total. The van der Waals surface area contributed by atoms with Crippen LogP contribution in [0.1, 0.15) is 30.5 Å². The molecule has 0 aliphatic carbocycles. The van der Waals surface area contributed by atoms with Gasteiger partial charge < -0.3 is 11.1 Å². The number of amides is 1. The van der Waals surface area contributed by atoms with E-state index in [4.69, 9.17) is 5.73 Å². The van der Waals surface area contributed by atoms with E-state index in [1.165, 1.54) is 30.6 Å². The van der Waals surface area contributed by atoms with Gasteiger partial charge in [-0.05, 0) is 37.9 Å². The summed E-state index contributed by atoms with van der Waals surface area (Å²) in [6.07, 6.45) is 4.39. The lowest BCUT2D eigenvalue weighted by Crippen LogP contribution is -2.37. The number of hydrogen-bond donors (Lipinski definition) is 2. The lowest BCUT2D eigenvalue weighted by molar-refractivity contribution is -0.117. The number of likely N-dealkylation sites (tertiary alicyclic amines) is 1. The minimum atomic E-state index is -0.568. The second kappa shape index (κ2) is 11.5. The Morgan fingerprint density at radius 3 is 2.58 bits per heavy atom. The third-order valence-electron chi connectivity index (χ3n) is 4.25. The molecule has 2 heterocycles. The van der Waals surface area contributed by atoms with Gasteiger partial charge in [-0.1, -0.05) is 36.8 Å². The molecule has 0 spiro atoms. The summed E-state index contributed by atoms with van der Waals surface area (Å²) in [5, 5.41) is 5.50. The van der Waals surface area contributed by atoms with Gasteiger partial charge in [0.25, 0.3) is 0 Å². The summed E-state index contributed by atoms with van der Waals surface area (Å²) < 4.78 is 0. The normalized spacial score (nSPS) is 15.4. The van der Waals surface area contributed by atoms with Gasteiger partial charge in [0.15, 0.2) is 5.13 Å². The summed E-state index contributed by atoms with van der Waals surface area (Å²) in [4.78, 5) is 19.2. The summed E-state index contributed by atoms with van der Waals surface area (Å²) in [6, 6.07) is 9.25. The van der Waals surface area contributed by atoms with Crippen molar-refractivity contribution in [2.75, 3.05) is 18.4 Å². The number of nitrogens with one attached hydrogen (secondary N) is 1. The van der Waals surface area contributed by atoms with Crippen LogP contribution in [0.25, 0.3) is 0 Å². The van der Waals surface area contributed by atoms with Gasteiger partial charge in [-0.25, -0.2) is 4.98 Å². The zero-order chi connectivity index (χ0) is 16.8. The number of rotatable bonds is 6. The van der Waals surface area contributed by atoms with Crippen LogP contribution in [0.4, 0.5) is 5.13 Å². The van der Waals surface area contributed by atoms with Gasteiger partial charge in [0.1, 0.15) is 0 Å². The molecule has 1 atom stereocenters. The molecule has 2 aromatic rings. The van der Waals surface area contributed by atoms with E-state index in [9.17, 15) is 4.79 Å². The highest BCUT2D eigenvalue weighted by molar-refractivity contribution is 7.13. The average Bonchev–Trinajstić information content (AvgIpc) is 3.03. The van der Waals surface area contributed by atoms with Gasteiger partial charge in [0.2, 0.25) is 5.91 Å². The fourth-order valence-electron chi connectivity index (χ4n) is 2.94. The van der Waals surface area contributed by atoms with Gasteiger partial charge in [0, 0.05) is 11.9 Å². The van der Waals surface area contributed by atoms with Crippen LogP contribution in [0.15, 0.2) is 35.7 Å². The quantitative estimate of drug-likeness (QED) is 0.755. The summed E-state index contributed by atoms with van der Waals surface area (Å²) in [5.74, 6) is -0.183. The molecule has 0 saturated carbocycles. The molecule has 1 amide bonds. The van der Waals surface area contributed by atoms with Crippen molar-refractivity contribution in [3.05, 3.63) is 47.0 Å². The first-order valence-electron chi connectivity index (χ1n) is 8.48. The van der Waals surface area contributed by atoms with Crippen molar-refractivity contribution < 1.29 is 4.79 Å². The van der Waals surface area contributed by atoms with E-state index in [-0.39, 0.29) is 30.7 Å². The highest BCUT2D eigenvalue weighted by Crippen LogP contribution is 2.19. The van der Waals surface area contributed by atoms with Crippen molar-refractivity contribution in [1.82, 2.24) is 9.88 Å². The maximum absolute atomic E-state index is 12.2. The van der Waals surface area contributed by atoms with Crippen LogP contribution in [-0.4, -0.2) is 34.9 Å². The molecule has 26 heavy (non-hydrogen) atoms. The molecule has 1 fully saturated rings. The molecule has 3 rings (SSSR count). The summed E-state index contributed by atoms with van der Waals surface area (Å²) in [5.41, 5.74) is 8.09. The number of hydrogen-bond acceptors (Lipinski definition) is 5. The molecule has 1 aromatic carbocycles. The van der Waals surface area contributed by atoms with E-state index in [2.05, 4.69) is 15.2 Å². The largest absolute Gasteiger partial charge is 0.320 e. The van der Waals surface area contributed by atoms with Crippen molar-refractivity contribution in [1.29, 1.82) is 0 Å². The SMILES string of the molecule is Cl.Cl.NC(Cc1ccccc1)C(=O)Nc1nc(CN2CCCCC2)cs1. The molecule has 1 aliphatic heterocycles. The molecular weight excluding hydrogens is 391 g/mol. The number of nitrogens with zero attached hydrogens (tertiary/aromatic N) is 2. The second-order valence-electron chi connectivity index (χ2n) is 6.27. The van der Waals surface area contributed by atoms with Crippen molar-refractivity contribution in [3.8, 4) is 0 Å². The first-order valence-corrected chi connectivity index (χ1v) is 9.36. The minimum absolute atomic E-state index is 0. The Balaban J connectivity index is 0.00000169. The third-order valence-corrected chi connectivity index (χ3v) is 5.06. The lowest BCUT2D eigenvalue weighted by atomic mass is 10.1. The van der Waals surface area contributed by atoms with Gasteiger partial charge in [-0.2, -0.15) is 0 Å². The summed E-state index contributed by atoms with van der Waals surface area (Å²) in [7, 11) is 0. The van der Waals surface area contributed by atoms with Crippen molar-refractivity contribution >= 4 is 47.2 Å². The standard InChI is InChI=1S/C18H24N4OS.2ClH/c19-16(11-14-7-3-1-4-8-14)17(23)21-18-20-15(13-24-18)12-22-9-5-2-6-10-22;;/h1,3-4,7-8,13,16H,2,5-6,9-12,19H2,(H,20,21,23);2*1H. The Bertz CT molecular complexity index is 662. The Morgan fingerprint density at radius 1 is 1.19 bits per heavy atom. The Kier molecular flexibility index (Phi) is 10.1. The molecule has 0 bridgehead atoms. The van der Waals surface area contributed by atoms with Gasteiger partial charge in [-0.3, -0.25) is 9.69 Å². The van der Waals surface area contributed by atoms with E-state index >= 15 is 0 Å². The minimum Gasteiger partial charge on any atom is -0.320 e. The average molecular weight is 417 g/mol. The number of benzene rings is 1. The first-order chi connectivity index (χ1) is 11.7. The smallest absolute Gasteiger partial charge is 0.243 e. The molecule has 0 radical (unpaired) electrons. The Labute approximate surface area is 171 Å². The fourth-order valence-corrected chi connectivity index (χ4v) is 3.65. The molecule has 1 aromatic heterocycles. The fraction of sp³-hybridized carbons (Fsp3) is 0.444. The number of nitrogens with two attached hydrogens (primary N) is 1. The van der Waals surface area contributed by atoms with E-state index < -0.39 is 6.04 Å². The van der Waals surface area contributed by atoms with Crippen LogP contribution in [0.2, 0.25) is 0 Å². The van der Waals surface area contributed by atoms with Crippen LogP contribution in [0.3, 0.4) is 0 Å². The topological polar surface area (TPSA) is 71.2 Å². The van der Waals surface area contributed by atoms with Gasteiger partial charge in [-0.15, -0.1) is 36.2 Å². The first kappa shape index (κ1) is 22.9. The molecule has 8 heteroatoms. The summed E-state index contributed by atoms with van der Waals surface area (Å²) >= 11 is 1.46.